The quantitative estimate of drug-likeness (QED) is 0.0591. The molecule has 2 heterocycles. The van der Waals surface area contributed by atoms with Crippen molar-refractivity contribution in [1.29, 1.82) is 0 Å². The second kappa shape index (κ2) is 14.1. The van der Waals surface area contributed by atoms with Gasteiger partial charge in [-0.3, -0.25) is 14.9 Å². The molecule has 0 aliphatic carbocycles. The summed E-state index contributed by atoms with van der Waals surface area (Å²) in [6.07, 6.45) is 0.477. The zero-order valence-electron chi connectivity index (χ0n) is 25.5. The van der Waals surface area contributed by atoms with E-state index in [0.717, 1.165) is 0 Å². The first kappa shape index (κ1) is 32.0. The Morgan fingerprint density at radius 2 is 1.57 bits per heavy atom. The highest BCUT2D eigenvalue weighted by Crippen LogP contribution is 2.44. The van der Waals surface area contributed by atoms with Gasteiger partial charge < -0.3 is 37.3 Å². The van der Waals surface area contributed by atoms with E-state index < -0.39 is 10.4 Å². The smallest absolute Gasteiger partial charge is 0.276 e. The Bertz CT molecular complexity index is 1910. The number of benzene rings is 3. The fraction of sp³-hybridized carbons (Fsp3) is 0.258. The summed E-state index contributed by atoms with van der Waals surface area (Å²) in [5.41, 5.74) is 0.578. The molecule has 0 fully saturated rings. The number of non-ortho nitro benzene ring substituents is 1. The van der Waals surface area contributed by atoms with E-state index in [1.54, 1.807) is 36.4 Å². The second-order valence-corrected chi connectivity index (χ2v) is 10.5. The van der Waals surface area contributed by atoms with Crippen LogP contribution in [0.25, 0.3) is 33.7 Å². The summed E-state index contributed by atoms with van der Waals surface area (Å²) in [5.74, 6) is 2.53. The molecule has 0 amide bonds. The summed E-state index contributed by atoms with van der Waals surface area (Å²) in [6.45, 7) is 0.130. The number of methoxy groups -OCH3 is 5. The van der Waals surface area contributed by atoms with Gasteiger partial charge in [0.1, 0.15) is 22.5 Å². The van der Waals surface area contributed by atoms with Crippen molar-refractivity contribution >= 4 is 28.4 Å². The Hall–Kier alpha value is -5.44. The minimum Gasteiger partial charge on any atom is -0.496 e. The highest BCUT2D eigenvalue weighted by molar-refractivity contribution is 7.99. The number of nitrogens with zero attached hydrogens (tertiary/aromatic N) is 3. The summed E-state index contributed by atoms with van der Waals surface area (Å²) in [6, 6.07) is 12.4. The third kappa shape index (κ3) is 6.49. The Morgan fingerprint density at radius 1 is 0.826 bits per heavy atom. The van der Waals surface area contributed by atoms with Crippen LogP contribution in [0.4, 0.5) is 5.69 Å². The van der Waals surface area contributed by atoms with Gasteiger partial charge in [0.2, 0.25) is 22.8 Å². The van der Waals surface area contributed by atoms with Crippen LogP contribution in [0.2, 0.25) is 0 Å². The summed E-state index contributed by atoms with van der Waals surface area (Å²) in [5, 5.41) is 19.6. The number of fused-ring (bicyclic) bond motifs is 1. The number of hydrogen-bond donors (Lipinski definition) is 0. The zero-order chi connectivity index (χ0) is 32.8. The van der Waals surface area contributed by atoms with Crippen LogP contribution in [0.5, 0.6) is 34.5 Å². The minimum absolute atomic E-state index is 0.0408. The SMILES string of the molecule is COc1cc(OC)c2c(=O)c(OCCCSc3nnc(-c4cccc([N+](=O)[O-])c4)o3)c(-c3cc(OC)c(OC)c(OC)c3)oc2c1. The molecular formula is C31H29N3O11S. The maximum Gasteiger partial charge on any atom is 0.276 e. The van der Waals surface area contributed by atoms with Crippen molar-refractivity contribution in [1.82, 2.24) is 10.2 Å². The van der Waals surface area contributed by atoms with Crippen molar-refractivity contribution in [2.75, 3.05) is 47.9 Å². The fourth-order valence-electron chi connectivity index (χ4n) is 4.59. The van der Waals surface area contributed by atoms with Crippen LogP contribution in [-0.4, -0.2) is 63.0 Å². The van der Waals surface area contributed by atoms with Crippen LogP contribution in [0.15, 0.2) is 67.4 Å². The topological polar surface area (TPSA) is 168 Å². The highest BCUT2D eigenvalue weighted by Gasteiger charge is 2.24. The number of hydrogen-bond acceptors (Lipinski definition) is 14. The Kier molecular flexibility index (Phi) is 9.81. The molecule has 0 radical (unpaired) electrons. The highest BCUT2D eigenvalue weighted by atomic mass is 32.2. The molecule has 0 saturated heterocycles. The van der Waals surface area contributed by atoms with Crippen LogP contribution in [0, 0.1) is 10.1 Å². The summed E-state index contributed by atoms with van der Waals surface area (Å²) < 4.78 is 45.4. The molecule has 46 heavy (non-hydrogen) atoms. The van der Waals surface area contributed by atoms with E-state index in [2.05, 4.69) is 10.2 Å². The third-order valence-electron chi connectivity index (χ3n) is 6.74. The van der Waals surface area contributed by atoms with Gasteiger partial charge in [-0.15, -0.1) is 10.2 Å². The van der Waals surface area contributed by atoms with E-state index in [1.807, 2.05) is 0 Å². The zero-order valence-corrected chi connectivity index (χ0v) is 26.3. The first-order chi connectivity index (χ1) is 22.3. The maximum absolute atomic E-state index is 13.9. The average Bonchev–Trinajstić information content (AvgIpc) is 3.56. The van der Waals surface area contributed by atoms with Crippen molar-refractivity contribution in [3.63, 3.8) is 0 Å². The molecule has 0 saturated carbocycles. The van der Waals surface area contributed by atoms with Crippen LogP contribution in [0.1, 0.15) is 6.42 Å². The van der Waals surface area contributed by atoms with Gasteiger partial charge in [0, 0.05) is 41.1 Å². The number of nitro benzene ring substituents is 1. The van der Waals surface area contributed by atoms with Gasteiger partial charge in [-0.05, 0) is 24.6 Å². The normalized spacial score (nSPS) is 10.9. The molecule has 0 aliphatic heterocycles. The summed E-state index contributed by atoms with van der Waals surface area (Å²) in [4.78, 5) is 24.5. The van der Waals surface area contributed by atoms with Crippen molar-refractivity contribution in [3.8, 4) is 57.3 Å². The molecule has 0 spiro atoms. The average molecular weight is 652 g/mol. The molecule has 3 aromatic carbocycles. The summed E-state index contributed by atoms with van der Waals surface area (Å²) in [7, 11) is 7.40. The van der Waals surface area contributed by atoms with Crippen LogP contribution in [0.3, 0.4) is 0 Å². The van der Waals surface area contributed by atoms with Gasteiger partial charge in [-0.25, -0.2) is 0 Å². The standard InChI is InChI=1S/C31H29N3O11S/c1-38-20-15-21(39-2)25-22(16-20)44-27(18-13-23(40-3)28(42-5)24(14-18)41-4)29(26(25)35)43-10-7-11-46-31-33-32-30(45-31)17-8-6-9-19(12-17)34(36)37/h6,8-9,12-16H,7,10-11H2,1-5H3. The first-order valence-corrected chi connectivity index (χ1v) is 14.7. The van der Waals surface area contributed by atoms with Gasteiger partial charge in [0.25, 0.3) is 10.9 Å². The molecule has 0 bridgehead atoms. The van der Waals surface area contributed by atoms with E-state index in [1.165, 1.54) is 59.4 Å². The molecule has 0 N–H and O–H groups in total. The number of nitro groups is 1. The molecule has 2 aromatic heterocycles. The van der Waals surface area contributed by atoms with Gasteiger partial charge in [-0.1, -0.05) is 17.8 Å². The Labute approximate surface area is 266 Å². The lowest BCUT2D eigenvalue weighted by atomic mass is 10.1. The second-order valence-electron chi connectivity index (χ2n) is 9.44. The number of ether oxygens (including phenoxy) is 6. The van der Waals surface area contributed by atoms with Crippen LogP contribution in [-0.2, 0) is 0 Å². The van der Waals surface area contributed by atoms with Crippen LogP contribution >= 0.6 is 11.8 Å². The maximum atomic E-state index is 13.9. The number of thioether (sulfide) groups is 1. The predicted octanol–water partition coefficient (Wildman–Crippen LogP) is 6.02. The fourth-order valence-corrected chi connectivity index (χ4v) is 5.26. The van der Waals surface area contributed by atoms with Gasteiger partial charge >= 0.3 is 0 Å². The molecule has 5 rings (SSSR count). The molecule has 0 atom stereocenters. The molecule has 14 nitrogen and oxygen atoms in total. The summed E-state index contributed by atoms with van der Waals surface area (Å²) >= 11 is 1.28. The number of aromatic nitrogens is 2. The minimum atomic E-state index is -0.494. The molecular weight excluding hydrogens is 622 g/mol. The lowest BCUT2D eigenvalue weighted by molar-refractivity contribution is -0.384. The van der Waals surface area contributed by atoms with Gasteiger partial charge in [-0.2, -0.15) is 0 Å². The third-order valence-corrected chi connectivity index (χ3v) is 7.65. The molecule has 15 heteroatoms. The predicted molar refractivity (Wildman–Crippen MR) is 168 cm³/mol. The van der Waals surface area contributed by atoms with E-state index >= 15 is 0 Å². The number of rotatable bonds is 14. The molecule has 0 unspecified atom stereocenters. The molecule has 0 aliphatic rings. The first-order valence-electron chi connectivity index (χ1n) is 13.7. The van der Waals surface area contributed by atoms with Crippen molar-refractivity contribution in [3.05, 3.63) is 68.9 Å². The lowest BCUT2D eigenvalue weighted by Crippen LogP contribution is -2.12. The van der Waals surface area contributed by atoms with E-state index in [-0.39, 0.29) is 51.6 Å². The van der Waals surface area contributed by atoms with Crippen molar-refractivity contribution in [2.24, 2.45) is 0 Å². The molecule has 240 valence electrons. The van der Waals surface area contributed by atoms with E-state index in [4.69, 9.17) is 37.3 Å². The van der Waals surface area contributed by atoms with Crippen molar-refractivity contribution in [2.45, 2.75) is 11.6 Å². The molecule has 5 aromatic rings. The van der Waals surface area contributed by atoms with E-state index in [0.29, 0.717) is 46.3 Å². The monoisotopic (exact) mass is 651 g/mol. The van der Waals surface area contributed by atoms with Gasteiger partial charge in [0.05, 0.1) is 47.1 Å². The van der Waals surface area contributed by atoms with Crippen LogP contribution < -0.4 is 33.8 Å². The van der Waals surface area contributed by atoms with Gasteiger partial charge in [0.15, 0.2) is 17.3 Å². The Morgan fingerprint density at radius 3 is 2.22 bits per heavy atom. The largest absolute Gasteiger partial charge is 0.496 e. The Balaban J connectivity index is 1.41. The van der Waals surface area contributed by atoms with E-state index in [9.17, 15) is 14.9 Å². The lowest BCUT2D eigenvalue weighted by Gasteiger charge is -2.16. The van der Waals surface area contributed by atoms with Crippen molar-refractivity contribution < 1.29 is 42.2 Å².